The smallest absolute Gasteiger partial charge is 0.252 e. The SMILES string of the molecule is CC(C)(C)c1ccnc(-c2ccc3c(c2)B2c4cc(-c5nc6ccccc6o5)ccc4N(c4ccccc4)c4cccc(c42)N3c2ccccc2)c1. The summed E-state index contributed by atoms with van der Waals surface area (Å²) >= 11 is 0. The Balaban J connectivity index is 1.26. The van der Waals surface area contributed by atoms with Crippen LogP contribution in [-0.2, 0) is 5.41 Å². The number of hydrogen-bond donors (Lipinski definition) is 0. The number of pyridine rings is 1. The van der Waals surface area contributed by atoms with E-state index >= 15 is 0 Å². The summed E-state index contributed by atoms with van der Waals surface area (Å²) in [6, 6.07) is 54.0. The molecule has 2 aromatic heterocycles. The van der Waals surface area contributed by atoms with E-state index in [9.17, 15) is 0 Å². The van der Waals surface area contributed by atoms with Gasteiger partial charge >= 0.3 is 0 Å². The second-order valence-corrected chi connectivity index (χ2v) is 14.7. The van der Waals surface area contributed by atoms with E-state index in [1.807, 2.05) is 30.5 Å². The molecule has 0 amide bonds. The third kappa shape index (κ3) is 4.79. The van der Waals surface area contributed by atoms with E-state index in [1.165, 1.54) is 33.3 Å². The van der Waals surface area contributed by atoms with Crippen LogP contribution < -0.4 is 26.2 Å². The van der Waals surface area contributed by atoms with Crippen LogP contribution in [0.5, 0.6) is 0 Å². The molecule has 10 rings (SSSR count). The Morgan fingerprint density at radius 3 is 1.79 bits per heavy atom. The van der Waals surface area contributed by atoms with Crippen molar-refractivity contribution in [2.24, 2.45) is 0 Å². The first-order chi connectivity index (χ1) is 25.4. The third-order valence-corrected chi connectivity index (χ3v) is 10.5. The quantitative estimate of drug-likeness (QED) is 0.175. The fourth-order valence-corrected chi connectivity index (χ4v) is 8.00. The number of hydrogen-bond acceptors (Lipinski definition) is 5. The molecule has 248 valence electrons. The average molecular weight is 671 g/mol. The van der Waals surface area contributed by atoms with Crippen LogP contribution in [0.15, 0.2) is 162 Å². The first kappa shape index (κ1) is 30.4. The number of nitrogens with zero attached hydrogens (tertiary/aromatic N) is 4. The van der Waals surface area contributed by atoms with E-state index in [1.54, 1.807) is 0 Å². The average Bonchev–Trinajstić information content (AvgIpc) is 3.62. The molecule has 0 radical (unpaired) electrons. The zero-order valence-electron chi connectivity index (χ0n) is 29.3. The highest BCUT2D eigenvalue weighted by atomic mass is 16.3. The molecule has 0 fully saturated rings. The first-order valence-electron chi connectivity index (χ1n) is 17.9. The highest BCUT2D eigenvalue weighted by Crippen LogP contribution is 2.44. The summed E-state index contributed by atoms with van der Waals surface area (Å²) in [5, 5.41) is 0. The number of fused-ring (bicyclic) bond motifs is 5. The highest BCUT2D eigenvalue weighted by Gasteiger charge is 2.43. The van der Waals surface area contributed by atoms with E-state index in [0.29, 0.717) is 5.89 Å². The summed E-state index contributed by atoms with van der Waals surface area (Å²) in [5.74, 6) is 0.619. The van der Waals surface area contributed by atoms with Gasteiger partial charge in [0.2, 0.25) is 5.89 Å². The summed E-state index contributed by atoms with van der Waals surface area (Å²) in [6.07, 6.45) is 1.94. The maximum absolute atomic E-state index is 6.35. The molecule has 8 aromatic rings. The van der Waals surface area contributed by atoms with Crippen molar-refractivity contribution in [2.75, 3.05) is 9.80 Å². The van der Waals surface area contributed by atoms with Gasteiger partial charge in [0.1, 0.15) is 5.52 Å². The van der Waals surface area contributed by atoms with Gasteiger partial charge in [-0.05, 0) is 112 Å². The molecule has 0 aliphatic carbocycles. The second kappa shape index (κ2) is 11.6. The number of rotatable bonds is 4. The topological polar surface area (TPSA) is 45.4 Å². The van der Waals surface area contributed by atoms with Crippen molar-refractivity contribution in [1.82, 2.24) is 9.97 Å². The predicted molar refractivity (Wildman–Crippen MR) is 215 cm³/mol. The number of anilines is 6. The second-order valence-electron chi connectivity index (χ2n) is 14.7. The van der Waals surface area contributed by atoms with Crippen molar-refractivity contribution in [1.29, 1.82) is 0 Å². The summed E-state index contributed by atoms with van der Waals surface area (Å²) in [6.45, 7) is 6.69. The molecule has 5 nitrogen and oxygen atoms in total. The lowest BCUT2D eigenvalue weighted by molar-refractivity contribution is 0.589. The van der Waals surface area contributed by atoms with Gasteiger partial charge in [-0.3, -0.25) is 4.98 Å². The molecule has 52 heavy (non-hydrogen) atoms. The van der Waals surface area contributed by atoms with Crippen LogP contribution in [0.25, 0.3) is 33.8 Å². The highest BCUT2D eigenvalue weighted by molar-refractivity contribution is 7.00. The Kier molecular flexibility index (Phi) is 6.77. The Labute approximate surface area is 303 Å². The summed E-state index contributed by atoms with van der Waals surface area (Å²) in [4.78, 5) is 14.7. The van der Waals surface area contributed by atoms with Crippen molar-refractivity contribution in [3.63, 3.8) is 0 Å². The largest absolute Gasteiger partial charge is 0.436 e. The van der Waals surface area contributed by atoms with Crippen molar-refractivity contribution < 1.29 is 4.42 Å². The van der Waals surface area contributed by atoms with Crippen LogP contribution in [-0.4, -0.2) is 16.7 Å². The van der Waals surface area contributed by atoms with Crippen molar-refractivity contribution >= 4 is 68.3 Å². The third-order valence-electron chi connectivity index (χ3n) is 10.5. The number of benzene rings is 6. The van der Waals surface area contributed by atoms with Gasteiger partial charge < -0.3 is 14.2 Å². The molecule has 0 saturated heterocycles. The molecule has 0 saturated carbocycles. The standard InChI is InChI=1S/C46H35BN4O/c1-46(2,3)32-25-26-48-38(29-32)30-21-23-39-35(27-30)47-36-28-31(45-49-37-17-10-11-20-43(37)52-45)22-24-40(36)51(34-15-8-5-9-16-34)42-19-12-18-41(44(42)47)50(39)33-13-6-4-7-14-33/h4-29H,1-3H3. The molecule has 2 aliphatic rings. The molecule has 0 atom stereocenters. The van der Waals surface area contributed by atoms with E-state index < -0.39 is 0 Å². The van der Waals surface area contributed by atoms with E-state index in [-0.39, 0.29) is 12.1 Å². The molecule has 0 N–H and O–H groups in total. The van der Waals surface area contributed by atoms with Gasteiger partial charge in [-0.1, -0.05) is 93.6 Å². The summed E-state index contributed by atoms with van der Waals surface area (Å²) in [7, 11) is 0. The monoisotopic (exact) mass is 670 g/mol. The van der Waals surface area contributed by atoms with Gasteiger partial charge in [0.15, 0.2) is 5.58 Å². The van der Waals surface area contributed by atoms with Crippen molar-refractivity contribution in [2.45, 2.75) is 26.2 Å². The molecular weight excluding hydrogens is 635 g/mol. The fourth-order valence-electron chi connectivity index (χ4n) is 8.00. The summed E-state index contributed by atoms with van der Waals surface area (Å²) < 4.78 is 6.35. The molecule has 4 heterocycles. The van der Waals surface area contributed by atoms with Gasteiger partial charge in [0.25, 0.3) is 6.71 Å². The van der Waals surface area contributed by atoms with Crippen molar-refractivity contribution in [3.8, 4) is 22.7 Å². The molecule has 6 aromatic carbocycles. The zero-order chi connectivity index (χ0) is 35.0. The number of oxazole rings is 1. The Morgan fingerprint density at radius 2 is 1.15 bits per heavy atom. The maximum atomic E-state index is 6.35. The van der Waals surface area contributed by atoms with E-state index in [4.69, 9.17) is 14.4 Å². The Hall–Kier alpha value is -6.40. The molecule has 0 bridgehead atoms. The Bertz CT molecular complexity index is 2600. The van der Waals surface area contributed by atoms with Crippen LogP contribution in [0, 0.1) is 0 Å². The van der Waals surface area contributed by atoms with Gasteiger partial charge in [-0.25, -0.2) is 4.98 Å². The summed E-state index contributed by atoms with van der Waals surface area (Å²) in [5.41, 5.74) is 16.5. The lowest BCUT2D eigenvalue weighted by Crippen LogP contribution is -2.61. The molecular formula is C46H35BN4O. The normalized spacial score (nSPS) is 13.2. The van der Waals surface area contributed by atoms with Crippen LogP contribution in [0.1, 0.15) is 26.3 Å². The van der Waals surface area contributed by atoms with Crippen LogP contribution in [0.3, 0.4) is 0 Å². The van der Waals surface area contributed by atoms with Gasteiger partial charge in [0, 0.05) is 45.9 Å². The van der Waals surface area contributed by atoms with Crippen LogP contribution >= 0.6 is 0 Å². The van der Waals surface area contributed by atoms with Gasteiger partial charge in [-0.15, -0.1) is 0 Å². The maximum Gasteiger partial charge on any atom is 0.252 e. The minimum absolute atomic E-state index is 0.00808. The van der Waals surface area contributed by atoms with Gasteiger partial charge in [0.05, 0.1) is 5.69 Å². The minimum atomic E-state index is -0.0637. The molecule has 0 spiro atoms. The fraction of sp³-hybridized carbons (Fsp3) is 0.0870. The zero-order valence-corrected chi connectivity index (χ0v) is 29.3. The van der Waals surface area contributed by atoms with E-state index in [2.05, 4.69) is 158 Å². The number of para-hydroxylation sites is 4. The first-order valence-corrected chi connectivity index (χ1v) is 17.9. The van der Waals surface area contributed by atoms with Gasteiger partial charge in [-0.2, -0.15) is 0 Å². The van der Waals surface area contributed by atoms with Crippen LogP contribution in [0.4, 0.5) is 34.1 Å². The lowest BCUT2D eigenvalue weighted by Gasteiger charge is -2.44. The number of aromatic nitrogens is 2. The molecule has 0 unspecified atom stereocenters. The molecule has 6 heteroatoms. The van der Waals surface area contributed by atoms with Crippen LogP contribution in [0.2, 0.25) is 0 Å². The lowest BCUT2D eigenvalue weighted by atomic mass is 9.33. The molecule has 2 aliphatic heterocycles. The predicted octanol–water partition coefficient (Wildman–Crippen LogP) is 9.94. The minimum Gasteiger partial charge on any atom is -0.436 e. The van der Waals surface area contributed by atoms with E-state index in [0.717, 1.165) is 50.7 Å². The van der Waals surface area contributed by atoms with Crippen molar-refractivity contribution in [3.05, 3.63) is 163 Å². The Morgan fingerprint density at radius 1 is 0.558 bits per heavy atom.